The van der Waals surface area contributed by atoms with Crippen molar-refractivity contribution < 1.29 is 47.7 Å². The van der Waals surface area contributed by atoms with Gasteiger partial charge in [-0.2, -0.15) is 0 Å². The number of piperidine rings is 1. The standard InChI is InChI=1S/C14H26N2O4.C11H20N2O4.C8H14N2O.C4H8I2.C4H9I.C2H17NOP12/c1-6-7-15-8-9-16(10-11(15)12(17)19-5)13(18)20-14(2,3)4;1-11(2,3)17-10(15)13-6-5-12-8(7-13)9(14)16-4;11-8-7-3-1-2-5-10(7)6-4-9-8;1-2-3-4(5)6;1-2-3-4-5;4-2-1-3-11-15(12(5)6)16(13(7)8)14(9)10/h11H,6-10H2,1-5H3;8,12H,5-7H2,1-4H3;7H,1-6H2,(H,9,11);4H,2-3H2,1H3;2-4H2,1H3;2-3,11H,1,5-10H2. The lowest BCUT2D eigenvalue weighted by atomic mass is 10.00. The summed E-state index contributed by atoms with van der Waals surface area (Å²) in [4.78, 5) is 76.2. The summed E-state index contributed by atoms with van der Waals surface area (Å²) < 4.78 is 22.2. The number of piperazine rings is 3. The molecule has 32 heteroatoms. The number of alkyl halides is 3. The van der Waals surface area contributed by atoms with Crippen molar-refractivity contribution in [3.05, 3.63) is 0 Å². The molecule has 0 saturated carbocycles. The number of fused-ring (bicyclic) bond motifs is 1. The van der Waals surface area contributed by atoms with Crippen molar-refractivity contribution in [1.82, 2.24) is 35.3 Å². The summed E-state index contributed by atoms with van der Waals surface area (Å²) in [5, 5.41) is 9.18. The van der Waals surface area contributed by atoms with Crippen LogP contribution in [-0.2, 0) is 38.1 Å². The average Bonchev–Trinajstić information content (AvgIpc) is 3.33. The molecule has 4 rings (SSSR count). The molecule has 75 heavy (non-hydrogen) atoms. The van der Waals surface area contributed by atoms with Gasteiger partial charge in [-0.15, -0.1) is 53.6 Å². The third-order valence-corrected chi connectivity index (χ3v) is 79.8. The molecule has 0 spiro atoms. The molecule has 0 radical (unpaired) electrons. The number of carbonyl (C=O) groups excluding carboxylic acids is 6. The van der Waals surface area contributed by atoms with E-state index in [-0.39, 0.29) is 71.5 Å². The van der Waals surface area contributed by atoms with Gasteiger partial charge in [0.15, 0.2) is 0 Å². The molecule has 0 aromatic rings. The van der Waals surface area contributed by atoms with Gasteiger partial charge in [-0.25, -0.2) is 9.59 Å². The highest BCUT2D eigenvalue weighted by Gasteiger charge is 2.37. The van der Waals surface area contributed by atoms with Crippen LogP contribution in [0.15, 0.2) is 0 Å². The monoisotopic (exact) mass is 1620 g/mol. The van der Waals surface area contributed by atoms with Gasteiger partial charge in [0.25, 0.3) is 0 Å². The summed E-state index contributed by atoms with van der Waals surface area (Å²) in [5.41, 5.74) is -1.05. The predicted molar refractivity (Wildman–Crippen MR) is 375 cm³/mol. The molecule has 4 saturated heterocycles. The fourth-order valence-corrected chi connectivity index (χ4v) is 118. The Morgan fingerprint density at radius 3 is 1.77 bits per heavy atom. The Labute approximate surface area is 514 Å². The average molecular weight is 1620 g/mol. The maximum Gasteiger partial charge on any atom is 0.410 e. The normalized spacial score (nSPS) is 19.6. The minimum atomic E-state index is -0.529. The number of unbranched alkanes of at least 4 members (excludes halogenated alkanes) is 1. The summed E-state index contributed by atoms with van der Waals surface area (Å²) >= 11 is 7.25. The second kappa shape index (κ2) is 47.0. The molecule has 3 N–H and O–H groups in total. The van der Waals surface area contributed by atoms with Crippen molar-refractivity contribution in [2.24, 2.45) is 0 Å². The number of methoxy groups -OCH3 is 2. The maximum absolute atomic E-state index is 12.1. The van der Waals surface area contributed by atoms with Crippen LogP contribution in [-0.4, -0.2) is 178 Å². The molecule has 0 bridgehead atoms. The van der Waals surface area contributed by atoms with E-state index in [1.54, 1.807) is 4.90 Å². The van der Waals surface area contributed by atoms with Crippen LogP contribution in [0, 0.1) is 0 Å². The SMILES string of the molecule is CCCC(I)I.CCCCI.CCCN1CCN(C(=O)OC(C)(C)C)CC1C(=O)OC.COC(=O)C1CN(C(=O)OC(C)(C)C)CCN1.O=C1NCCN2CCCCC12.O=CCNPP(P(P)P)P(P(P)P)P(P)P. The molecule has 4 aliphatic heterocycles. The van der Waals surface area contributed by atoms with Crippen LogP contribution >= 0.6 is 165 Å². The van der Waals surface area contributed by atoms with E-state index in [1.807, 2.05) is 41.5 Å². The van der Waals surface area contributed by atoms with Crippen LogP contribution in [0.2, 0.25) is 0 Å². The molecule has 11 unspecified atom stereocenters. The molecule has 4 heterocycles. The molecule has 4 aliphatic rings. The van der Waals surface area contributed by atoms with Gasteiger partial charge in [0, 0.05) is 39.3 Å². The van der Waals surface area contributed by atoms with Crippen molar-refractivity contribution in [1.29, 1.82) is 0 Å². The minimum Gasteiger partial charge on any atom is -0.468 e. The number of nitrogens with zero attached hydrogens (tertiary/aromatic N) is 4. The van der Waals surface area contributed by atoms with Crippen LogP contribution < -0.4 is 15.7 Å². The second-order valence-corrected chi connectivity index (χ2v) is 70.7. The molecule has 0 aromatic heterocycles. The summed E-state index contributed by atoms with van der Waals surface area (Å²) in [6.45, 7) is 24.7. The van der Waals surface area contributed by atoms with Crippen molar-refractivity contribution >= 4 is 201 Å². The Morgan fingerprint density at radius 1 is 0.787 bits per heavy atom. The fourth-order valence-electron chi connectivity index (χ4n) is 6.79. The number of hydrogen-bond donors (Lipinski definition) is 3. The van der Waals surface area contributed by atoms with E-state index in [0.717, 1.165) is 55.7 Å². The van der Waals surface area contributed by atoms with Gasteiger partial charge in [0.1, 0.15) is 29.6 Å². The number of aldehydes is 1. The zero-order valence-electron chi connectivity index (χ0n) is 46.2. The number of esters is 2. The van der Waals surface area contributed by atoms with Gasteiger partial charge < -0.3 is 44.2 Å². The minimum absolute atomic E-state index is 0.0137. The van der Waals surface area contributed by atoms with Gasteiger partial charge in [-0.05, 0) is 135 Å². The summed E-state index contributed by atoms with van der Waals surface area (Å²) in [6.07, 6.45) is 10.1. The lowest BCUT2D eigenvalue weighted by molar-refractivity contribution is -0.149. The van der Waals surface area contributed by atoms with Crippen LogP contribution in [0.3, 0.4) is 0 Å². The fraction of sp³-hybridized carbons (Fsp3) is 0.860. The zero-order valence-corrected chi connectivity index (χ0v) is 65.1. The first-order valence-electron chi connectivity index (χ1n) is 24.9. The highest BCUT2D eigenvalue weighted by Crippen LogP contribution is 3.17. The first-order valence-corrected chi connectivity index (χ1v) is 50.0. The van der Waals surface area contributed by atoms with E-state index < -0.39 is 29.4 Å². The summed E-state index contributed by atoms with van der Waals surface area (Å²) in [6, 6.07) is -0.667. The molecule has 3 amide bonds. The third kappa shape index (κ3) is 39.2. The Hall–Kier alpha value is 3.81. The van der Waals surface area contributed by atoms with Crippen molar-refractivity contribution in [3.8, 4) is 0 Å². The largest absolute Gasteiger partial charge is 0.468 e. The second-order valence-electron chi connectivity index (χ2n) is 18.9. The van der Waals surface area contributed by atoms with E-state index in [2.05, 4.69) is 172 Å². The number of amides is 3. The summed E-state index contributed by atoms with van der Waals surface area (Å²) in [5.74, 6) is -0.416. The number of carbonyl (C=O) groups is 6. The molecular formula is C43H94I3N7O10P12. The van der Waals surface area contributed by atoms with Crippen molar-refractivity contribution in [2.45, 2.75) is 145 Å². The smallest absolute Gasteiger partial charge is 0.410 e. The van der Waals surface area contributed by atoms with Gasteiger partial charge in [-0.3, -0.25) is 29.3 Å². The topological polar surface area (TPSA) is 188 Å². The molecule has 11 atom stereocenters. The van der Waals surface area contributed by atoms with Crippen LogP contribution in [0.4, 0.5) is 9.59 Å². The number of rotatable bonds is 16. The molecule has 4 fully saturated rings. The van der Waals surface area contributed by atoms with Crippen LogP contribution in [0.25, 0.3) is 0 Å². The molecule has 0 aliphatic carbocycles. The Bertz CT molecular complexity index is 1600. The predicted octanol–water partition coefficient (Wildman–Crippen LogP) is 13.1. The number of halogens is 3. The van der Waals surface area contributed by atoms with Crippen LogP contribution in [0.1, 0.15) is 114 Å². The van der Waals surface area contributed by atoms with Crippen LogP contribution in [0.5, 0.6) is 0 Å². The zero-order chi connectivity index (χ0) is 57.9. The number of ether oxygens (including phenoxy) is 4. The number of nitrogens with one attached hydrogen (secondary N) is 3. The first kappa shape index (κ1) is 80.9. The Morgan fingerprint density at radius 2 is 1.36 bits per heavy atom. The van der Waals surface area contributed by atoms with Gasteiger partial charge >= 0.3 is 24.1 Å². The van der Waals surface area contributed by atoms with Gasteiger partial charge in [0.05, 0.1) is 41.8 Å². The molecule has 0 aromatic carbocycles. The van der Waals surface area contributed by atoms with E-state index in [1.165, 1.54) is 62.1 Å². The van der Waals surface area contributed by atoms with Gasteiger partial charge in [0.2, 0.25) is 5.91 Å². The lowest BCUT2D eigenvalue weighted by Gasteiger charge is -2.40. The number of hydrogen-bond acceptors (Lipinski definition) is 14. The Balaban J connectivity index is 0. The van der Waals surface area contributed by atoms with E-state index in [0.29, 0.717) is 39.3 Å². The van der Waals surface area contributed by atoms with E-state index in [4.69, 9.17) is 14.2 Å². The van der Waals surface area contributed by atoms with Gasteiger partial charge in [-0.1, -0.05) is 108 Å². The third-order valence-electron chi connectivity index (χ3n) is 10.2. The van der Waals surface area contributed by atoms with Crippen molar-refractivity contribution in [2.75, 3.05) is 90.6 Å². The quantitative estimate of drug-likeness (QED) is 0.0252. The molecule has 17 nitrogen and oxygen atoms in total. The molecule has 442 valence electrons. The molecular weight excluding hydrogens is 1530 g/mol. The van der Waals surface area contributed by atoms with Crippen molar-refractivity contribution in [3.63, 3.8) is 0 Å². The maximum atomic E-state index is 12.1. The lowest BCUT2D eigenvalue weighted by Crippen LogP contribution is -2.58. The summed E-state index contributed by atoms with van der Waals surface area (Å²) in [7, 11) is 21.4. The first-order chi connectivity index (χ1) is 35.1. The van der Waals surface area contributed by atoms with E-state index in [9.17, 15) is 28.8 Å². The highest BCUT2D eigenvalue weighted by atomic mass is 127. The highest BCUT2D eigenvalue weighted by molar-refractivity contribution is 14.2. The van der Waals surface area contributed by atoms with E-state index >= 15 is 0 Å². The Kier molecular flexibility index (Phi) is 50.7.